The van der Waals surface area contributed by atoms with Crippen molar-refractivity contribution in [1.29, 1.82) is 5.26 Å². The number of amides is 1. The molecule has 0 bridgehead atoms. The number of aliphatic hydroxyl groups excluding tert-OH is 1. The lowest BCUT2D eigenvalue weighted by Crippen LogP contribution is -2.43. The Balaban J connectivity index is 2.11. The van der Waals surface area contributed by atoms with E-state index in [2.05, 4.69) is 4.98 Å². The van der Waals surface area contributed by atoms with Crippen LogP contribution in [0.5, 0.6) is 0 Å². The zero-order valence-corrected chi connectivity index (χ0v) is 13.6. The number of halogens is 3. The van der Waals surface area contributed by atoms with Gasteiger partial charge in [0.25, 0.3) is 5.91 Å². The second kappa shape index (κ2) is 8.60. The quantitative estimate of drug-likeness (QED) is 0.786. The smallest absolute Gasteiger partial charge is 0.315 e. The molecule has 0 spiro atoms. The van der Waals surface area contributed by atoms with E-state index in [-0.39, 0.29) is 12.0 Å². The lowest BCUT2D eigenvalue weighted by Gasteiger charge is -2.21. The summed E-state index contributed by atoms with van der Waals surface area (Å²) < 4.78 is 37.5. The molecule has 0 fully saturated rings. The van der Waals surface area contributed by atoms with Crippen molar-refractivity contribution in [3.05, 3.63) is 41.0 Å². The van der Waals surface area contributed by atoms with Crippen LogP contribution < -0.4 is 5.32 Å². The Labute approximate surface area is 145 Å². The monoisotopic (exact) mass is 369 g/mol. The second-order valence-corrected chi connectivity index (χ2v) is 6.21. The fourth-order valence-electron chi connectivity index (χ4n) is 2.12. The number of nitriles is 1. The topological polar surface area (TPSA) is 86.0 Å². The van der Waals surface area contributed by atoms with Crippen LogP contribution in [0.15, 0.2) is 30.5 Å². The molecule has 5 nitrogen and oxygen atoms in total. The first kappa shape index (κ1) is 18.9. The highest BCUT2D eigenvalue weighted by atomic mass is 32.1. The molecular formula is C16H14F3N3O2S. The molecule has 2 N–H and O–H groups in total. The van der Waals surface area contributed by atoms with Gasteiger partial charge in [0, 0.05) is 6.20 Å². The van der Waals surface area contributed by atoms with Gasteiger partial charge in [0.15, 0.2) is 0 Å². The van der Waals surface area contributed by atoms with Gasteiger partial charge in [-0.15, -0.1) is 11.3 Å². The third kappa shape index (κ3) is 4.78. The first-order valence-electron chi connectivity index (χ1n) is 7.20. The van der Waals surface area contributed by atoms with Crippen molar-refractivity contribution in [3.8, 4) is 16.5 Å². The van der Waals surface area contributed by atoms with Crippen LogP contribution >= 0.6 is 11.3 Å². The molecule has 0 aliphatic carbocycles. The molecule has 2 atom stereocenters. The van der Waals surface area contributed by atoms with E-state index in [4.69, 9.17) is 5.26 Å². The maximum Gasteiger partial charge on any atom is 0.315 e. The fraction of sp³-hybridized carbons (Fsp3) is 0.312. The molecule has 0 radical (unpaired) electrons. The predicted molar refractivity (Wildman–Crippen MR) is 85.7 cm³/mol. The van der Waals surface area contributed by atoms with E-state index in [0.29, 0.717) is 5.01 Å². The van der Waals surface area contributed by atoms with Crippen molar-refractivity contribution in [3.63, 3.8) is 0 Å². The molecule has 1 aromatic heterocycles. The number of benzene rings is 1. The minimum atomic E-state index is -3.28. The van der Waals surface area contributed by atoms with Gasteiger partial charge in [-0.25, -0.2) is 9.37 Å². The maximum absolute atomic E-state index is 13.0. The zero-order valence-electron chi connectivity index (χ0n) is 12.8. The Kier molecular flexibility index (Phi) is 6.50. The van der Waals surface area contributed by atoms with Gasteiger partial charge in [-0.05, 0) is 11.1 Å². The molecule has 0 saturated heterocycles. The molecule has 25 heavy (non-hydrogen) atoms. The first-order valence-corrected chi connectivity index (χ1v) is 8.02. The number of aromatic nitrogens is 1. The summed E-state index contributed by atoms with van der Waals surface area (Å²) in [5.41, 5.74) is 1.06. The molecule has 2 aromatic rings. The Morgan fingerprint density at radius 2 is 2.04 bits per heavy atom. The molecule has 2 unspecified atom stereocenters. The average molecular weight is 369 g/mol. The molecule has 132 valence electrons. The van der Waals surface area contributed by atoms with Gasteiger partial charge >= 0.3 is 6.43 Å². The van der Waals surface area contributed by atoms with Crippen LogP contribution in [0.25, 0.3) is 10.4 Å². The lowest BCUT2D eigenvalue weighted by molar-refractivity contribution is -0.133. The fourth-order valence-corrected chi connectivity index (χ4v) is 2.97. The van der Waals surface area contributed by atoms with Crippen molar-refractivity contribution in [2.75, 3.05) is 6.67 Å². The van der Waals surface area contributed by atoms with Crippen LogP contribution in [-0.4, -0.2) is 35.1 Å². The molecule has 0 saturated carbocycles. The van der Waals surface area contributed by atoms with Gasteiger partial charge in [-0.1, -0.05) is 24.3 Å². The average Bonchev–Trinajstić information content (AvgIpc) is 3.08. The van der Waals surface area contributed by atoms with Crippen LogP contribution in [0, 0.1) is 11.3 Å². The Morgan fingerprint density at radius 3 is 2.60 bits per heavy atom. The summed E-state index contributed by atoms with van der Waals surface area (Å²) in [5.74, 6) is -1.63. The number of nitrogens with one attached hydrogen (secondary N) is 1. The van der Waals surface area contributed by atoms with Crippen LogP contribution in [0.4, 0.5) is 13.2 Å². The molecular weight excluding hydrogens is 355 g/mol. The number of hydrogen-bond donors (Lipinski definition) is 2. The molecule has 0 aliphatic heterocycles. The summed E-state index contributed by atoms with van der Waals surface area (Å²) >= 11 is 1.35. The number of rotatable bonds is 7. The van der Waals surface area contributed by atoms with Crippen LogP contribution in [-0.2, 0) is 11.2 Å². The Bertz CT molecular complexity index is 759. The van der Waals surface area contributed by atoms with Crippen LogP contribution in [0.3, 0.4) is 0 Å². The number of thiazole rings is 1. The van der Waals surface area contributed by atoms with Crippen molar-refractivity contribution in [2.45, 2.75) is 25.0 Å². The summed E-state index contributed by atoms with van der Waals surface area (Å²) in [4.78, 5) is 15.9. The van der Waals surface area contributed by atoms with E-state index in [1.807, 2.05) is 6.07 Å². The Morgan fingerprint density at radius 1 is 1.36 bits per heavy atom. The largest absolute Gasteiger partial charge is 0.386 e. The van der Waals surface area contributed by atoms with Gasteiger partial charge in [0.05, 0.1) is 23.4 Å². The highest BCUT2D eigenvalue weighted by molar-refractivity contribution is 7.15. The Hall–Kier alpha value is -2.44. The lowest BCUT2D eigenvalue weighted by atomic mass is 10.0. The number of hydrogen-bond acceptors (Lipinski definition) is 5. The zero-order chi connectivity index (χ0) is 18.4. The van der Waals surface area contributed by atoms with Crippen molar-refractivity contribution in [1.82, 2.24) is 10.3 Å². The number of nitrogens with zero attached hydrogens (tertiary/aromatic N) is 2. The van der Waals surface area contributed by atoms with Gasteiger partial charge in [-0.2, -0.15) is 14.0 Å². The third-order valence-electron chi connectivity index (χ3n) is 3.39. The SMILES string of the molecule is N#CCc1ncc(-c2ccc(C(O)C(CF)NC(=O)C(F)F)cc2)s1. The maximum atomic E-state index is 13.0. The number of carbonyl (C=O) groups is 1. The molecule has 1 amide bonds. The summed E-state index contributed by atoms with van der Waals surface area (Å²) in [6.07, 6.45) is -2.91. The number of alkyl halides is 3. The normalized spacial score (nSPS) is 13.3. The minimum Gasteiger partial charge on any atom is -0.386 e. The number of carbonyl (C=O) groups excluding carboxylic acids is 1. The van der Waals surface area contributed by atoms with Crippen molar-refractivity contribution >= 4 is 17.2 Å². The highest BCUT2D eigenvalue weighted by Gasteiger charge is 2.26. The number of aliphatic hydroxyl groups is 1. The van der Waals surface area contributed by atoms with E-state index in [1.165, 1.54) is 23.5 Å². The van der Waals surface area contributed by atoms with E-state index in [0.717, 1.165) is 10.4 Å². The van der Waals surface area contributed by atoms with E-state index in [9.17, 15) is 23.1 Å². The van der Waals surface area contributed by atoms with Crippen LogP contribution in [0.1, 0.15) is 16.7 Å². The standard InChI is InChI=1S/C16H14F3N3O2S/c17-7-11(22-16(24)15(18)19)14(23)10-3-1-9(2-4-10)12-8-21-13(25-12)5-6-20/h1-4,8,11,14-15,23H,5,7H2,(H,22,24). The van der Waals surface area contributed by atoms with E-state index >= 15 is 0 Å². The second-order valence-electron chi connectivity index (χ2n) is 5.09. The minimum absolute atomic E-state index is 0.212. The van der Waals surface area contributed by atoms with Crippen molar-refractivity contribution in [2.24, 2.45) is 0 Å². The molecule has 9 heteroatoms. The molecule has 0 aliphatic rings. The van der Waals surface area contributed by atoms with Gasteiger partial charge in [-0.3, -0.25) is 4.79 Å². The summed E-state index contributed by atoms with van der Waals surface area (Å²) in [5, 5.41) is 21.2. The summed E-state index contributed by atoms with van der Waals surface area (Å²) in [6.45, 7) is -1.19. The molecule has 1 heterocycles. The first-order chi connectivity index (χ1) is 12.0. The van der Waals surface area contributed by atoms with Gasteiger partial charge in [0.2, 0.25) is 0 Å². The predicted octanol–water partition coefficient (Wildman–Crippen LogP) is 2.63. The third-order valence-corrected chi connectivity index (χ3v) is 4.44. The summed E-state index contributed by atoms with van der Waals surface area (Å²) in [6, 6.07) is 6.89. The van der Waals surface area contributed by atoms with E-state index in [1.54, 1.807) is 23.6 Å². The highest BCUT2D eigenvalue weighted by Crippen LogP contribution is 2.28. The molecule has 1 aromatic carbocycles. The molecule has 2 rings (SSSR count). The van der Waals surface area contributed by atoms with E-state index < -0.39 is 31.2 Å². The van der Waals surface area contributed by atoms with Gasteiger partial charge in [0.1, 0.15) is 17.8 Å². The van der Waals surface area contributed by atoms with Crippen molar-refractivity contribution < 1.29 is 23.1 Å². The van der Waals surface area contributed by atoms with Crippen LogP contribution in [0.2, 0.25) is 0 Å². The van der Waals surface area contributed by atoms with Gasteiger partial charge < -0.3 is 10.4 Å². The summed E-state index contributed by atoms with van der Waals surface area (Å²) in [7, 11) is 0.